The predicted octanol–water partition coefficient (Wildman–Crippen LogP) is 4.28. The zero-order valence-electron chi connectivity index (χ0n) is 11.0. The Labute approximate surface area is 123 Å². The number of fused-ring (bicyclic) bond motifs is 1. The maximum Gasteiger partial charge on any atom is 0.108 e. The molecule has 0 amide bonds. The second-order valence-electron chi connectivity index (χ2n) is 5.17. The summed E-state index contributed by atoms with van der Waals surface area (Å²) < 4.78 is 1.29. The SMILES string of the molecule is ClCCN(Cc1nc2ccccc2s1)C1CCCC1. The van der Waals surface area contributed by atoms with Crippen molar-refractivity contribution in [3.63, 3.8) is 0 Å². The standard InChI is InChI=1S/C15H19ClN2S/c16-9-10-18(12-5-1-2-6-12)11-15-17-13-7-3-4-8-14(13)19-15/h3-4,7-8,12H,1-2,5-6,9-11H2. The first-order valence-corrected chi connectivity index (χ1v) is 8.36. The van der Waals surface area contributed by atoms with E-state index in [2.05, 4.69) is 29.2 Å². The molecule has 1 aromatic carbocycles. The molecule has 1 aromatic heterocycles. The highest BCUT2D eigenvalue weighted by molar-refractivity contribution is 7.18. The molecule has 1 aliphatic carbocycles. The van der Waals surface area contributed by atoms with Gasteiger partial charge in [0.25, 0.3) is 0 Å². The minimum atomic E-state index is 0.710. The molecule has 0 radical (unpaired) electrons. The number of thiazole rings is 1. The van der Waals surface area contributed by atoms with Crippen LogP contribution >= 0.6 is 22.9 Å². The van der Waals surface area contributed by atoms with E-state index in [9.17, 15) is 0 Å². The molecule has 1 heterocycles. The molecular formula is C15H19ClN2S. The van der Waals surface area contributed by atoms with Gasteiger partial charge in [-0.3, -0.25) is 4.90 Å². The smallest absolute Gasteiger partial charge is 0.108 e. The normalized spacial score (nSPS) is 16.7. The number of rotatable bonds is 5. The molecule has 102 valence electrons. The van der Waals surface area contributed by atoms with Gasteiger partial charge in [0.05, 0.1) is 16.8 Å². The van der Waals surface area contributed by atoms with Crippen LogP contribution in [0.1, 0.15) is 30.7 Å². The predicted molar refractivity (Wildman–Crippen MR) is 83.0 cm³/mol. The van der Waals surface area contributed by atoms with E-state index in [0.717, 1.165) is 18.6 Å². The average Bonchev–Trinajstić information content (AvgIpc) is 3.07. The summed E-state index contributed by atoms with van der Waals surface area (Å²) in [5.74, 6) is 0.710. The van der Waals surface area contributed by atoms with Crippen molar-refractivity contribution < 1.29 is 0 Å². The van der Waals surface area contributed by atoms with Crippen LogP contribution in [0.5, 0.6) is 0 Å². The van der Waals surface area contributed by atoms with Crippen LogP contribution in [0, 0.1) is 0 Å². The Morgan fingerprint density at radius 1 is 1.26 bits per heavy atom. The number of alkyl halides is 1. The third-order valence-electron chi connectivity index (χ3n) is 3.89. The lowest BCUT2D eigenvalue weighted by Gasteiger charge is -2.26. The highest BCUT2D eigenvalue weighted by atomic mass is 35.5. The van der Waals surface area contributed by atoms with Crippen molar-refractivity contribution in [1.82, 2.24) is 9.88 Å². The number of hydrogen-bond donors (Lipinski definition) is 0. The lowest BCUT2D eigenvalue weighted by Crippen LogP contribution is -2.34. The van der Waals surface area contributed by atoms with Crippen LogP contribution in [-0.2, 0) is 6.54 Å². The van der Waals surface area contributed by atoms with E-state index in [1.807, 2.05) is 11.3 Å². The molecule has 2 aromatic rings. The zero-order valence-corrected chi connectivity index (χ0v) is 12.6. The van der Waals surface area contributed by atoms with E-state index in [1.165, 1.54) is 35.4 Å². The second kappa shape index (κ2) is 6.21. The van der Waals surface area contributed by atoms with Gasteiger partial charge < -0.3 is 0 Å². The maximum atomic E-state index is 5.96. The fraction of sp³-hybridized carbons (Fsp3) is 0.533. The monoisotopic (exact) mass is 294 g/mol. The highest BCUT2D eigenvalue weighted by Crippen LogP contribution is 2.27. The first-order valence-electron chi connectivity index (χ1n) is 7.01. The fourth-order valence-corrected chi connectivity index (χ4v) is 4.14. The van der Waals surface area contributed by atoms with Crippen molar-refractivity contribution in [2.24, 2.45) is 0 Å². The lowest BCUT2D eigenvalue weighted by atomic mass is 10.2. The first kappa shape index (κ1) is 13.3. The van der Waals surface area contributed by atoms with E-state index in [-0.39, 0.29) is 0 Å². The van der Waals surface area contributed by atoms with Crippen molar-refractivity contribution in [3.05, 3.63) is 29.3 Å². The van der Waals surface area contributed by atoms with Crippen molar-refractivity contribution in [1.29, 1.82) is 0 Å². The van der Waals surface area contributed by atoms with Crippen LogP contribution in [-0.4, -0.2) is 28.4 Å². The quantitative estimate of drug-likeness (QED) is 0.765. The van der Waals surface area contributed by atoms with E-state index < -0.39 is 0 Å². The molecule has 0 spiro atoms. The number of aromatic nitrogens is 1. The average molecular weight is 295 g/mol. The van der Waals surface area contributed by atoms with Gasteiger partial charge in [-0.2, -0.15) is 0 Å². The third kappa shape index (κ3) is 3.10. The van der Waals surface area contributed by atoms with Crippen molar-refractivity contribution in [3.8, 4) is 0 Å². The largest absolute Gasteiger partial charge is 0.293 e. The number of nitrogens with zero attached hydrogens (tertiary/aromatic N) is 2. The molecule has 4 heteroatoms. The van der Waals surface area contributed by atoms with Gasteiger partial charge in [0.15, 0.2) is 0 Å². The van der Waals surface area contributed by atoms with Gasteiger partial charge in [-0.1, -0.05) is 25.0 Å². The van der Waals surface area contributed by atoms with E-state index >= 15 is 0 Å². The van der Waals surface area contributed by atoms with Crippen LogP contribution in [0.25, 0.3) is 10.2 Å². The van der Waals surface area contributed by atoms with Crippen molar-refractivity contribution in [2.45, 2.75) is 38.3 Å². The fourth-order valence-electron chi connectivity index (χ4n) is 2.93. The molecule has 1 fully saturated rings. The number of hydrogen-bond acceptors (Lipinski definition) is 3. The summed E-state index contributed by atoms with van der Waals surface area (Å²) in [7, 11) is 0. The summed E-state index contributed by atoms with van der Waals surface area (Å²) in [5.41, 5.74) is 1.12. The first-order chi connectivity index (χ1) is 9.36. The topological polar surface area (TPSA) is 16.1 Å². The number of halogens is 1. The van der Waals surface area contributed by atoms with Gasteiger partial charge in [0.1, 0.15) is 5.01 Å². The van der Waals surface area contributed by atoms with Gasteiger partial charge in [0, 0.05) is 18.5 Å². The summed E-state index contributed by atoms with van der Waals surface area (Å²) in [5, 5.41) is 1.22. The van der Waals surface area contributed by atoms with Crippen molar-refractivity contribution in [2.75, 3.05) is 12.4 Å². The molecule has 0 N–H and O–H groups in total. The van der Waals surface area contributed by atoms with Crippen LogP contribution in [0.4, 0.5) is 0 Å². The van der Waals surface area contributed by atoms with Crippen LogP contribution in [0.2, 0.25) is 0 Å². The van der Waals surface area contributed by atoms with Crippen LogP contribution in [0.3, 0.4) is 0 Å². The van der Waals surface area contributed by atoms with Gasteiger partial charge in [-0.25, -0.2) is 4.98 Å². The molecule has 0 bridgehead atoms. The van der Waals surface area contributed by atoms with E-state index in [4.69, 9.17) is 16.6 Å². The molecule has 0 atom stereocenters. The van der Waals surface area contributed by atoms with Gasteiger partial charge in [0.2, 0.25) is 0 Å². The summed E-state index contributed by atoms with van der Waals surface area (Å²) in [6.45, 7) is 1.93. The summed E-state index contributed by atoms with van der Waals surface area (Å²) in [6.07, 6.45) is 5.37. The highest BCUT2D eigenvalue weighted by Gasteiger charge is 2.23. The Balaban J connectivity index is 1.76. The molecule has 0 saturated heterocycles. The Morgan fingerprint density at radius 2 is 2.05 bits per heavy atom. The molecule has 1 aliphatic rings. The molecular weight excluding hydrogens is 276 g/mol. The maximum absolute atomic E-state index is 5.96. The molecule has 1 saturated carbocycles. The van der Waals surface area contributed by atoms with Gasteiger partial charge in [-0.05, 0) is 25.0 Å². The van der Waals surface area contributed by atoms with Crippen molar-refractivity contribution >= 4 is 33.2 Å². The minimum Gasteiger partial charge on any atom is -0.293 e. The number of benzene rings is 1. The van der Waals surface area contributed by atoms with Crippen LogP contribution < -0.4 is 0 Å². The van der Waals surface area contributed by atoms with Gasteiger partial charge >= 0.3 is 0 Å². The molecule has 0 aliphatic heterocycles. The molecule has 19 heavy (non-hydrogen) atoms. The Kier molecular flexibility index (Phi) is 4.36. The Bertz CT molecular complexity index is 501. The third-order valence-corrected chi connectivity index (χ3v) is 5.08. The summed E-state index contributed by atoms with van der Waals surface area (Å²) >= 11 is 7.78. The second-order valence-corrected chi connectivity index (χ2v) is 6.67. The molecule has 2 nitrogen and oxygen atoms in total. The summed E-state index contributed by atoms with van der Waals surface area (Å²) in [4.78, 5) is 7.27. The van der Waals surface area contributed by atoms with E-state index in [0.29, 0.717) is 11.9 Å². The van der Waals surface area contributed by atoms with Crippen LogP contribution in [0.15, 0.2) is 24.3 Å². The minimum absolute atomic E-state index is 0.710. The number of para-hydroxylation sites is 1. The lowest BCUT2D eigenvalue weighted by molar-refractivity contribution is 0.201. The zero-order chi connectivity index (χ0) is 13.1. The Morgan fingerprint density at radius 3 is 2.79 bits per heavy atom. The van der Waals surface area contributed by atoms with E-state index in [1.54, 1.807) is 0 Å². The molecule has 3 rings (SSSR count). The van der Waals surface area contributed by atoms with Gasteiger partial charge in [-0.15, -0.1) is 22.9 Å². The molecule has 0 unspecified atom stereocenters. The summed E-state index contributed by atoms with van der Waals surface area (Å²) in [6, 6.07) is 9.09. The Hall–Kier alpha value is -0.640.